The van der Waals surface area contributed by atoms with Crippen LogP contribution in [-0.2, 0) is 30.4 Å². The molecule has 13 nitrogen and oxygen atoms in total. The molecule has 1 aliphatic heterocycles. The maximum Gasteiger partial charge on any atom is 0.117 e. The van der Waals surface area contributed by atoms with Crippen LogP contribution in [0.3, 0.4) is 0 Å². The van der Waals surface area contributed by atoms with Crippen molar-refractivity contribution in [3.05, 3.63) is 466 Å². The summed E-state index contributed by atoms with van der Waals surface area (Å²) in [5.41, 5.74) is 34.5. The van der Waals surface area contributed by atoms with Crippen molar-refractivity contribution >= 4 is 159 Å². The molecule has 0 unspecified atom stereocenters. The van der Waals surface area contributed by atoms with Crippen molar-refractivity contribution in [2.24, 2.45) is 74.8 Å². The zero-order chi connectivity index (χ0) is 99.3. The average Bonchev–Trinajstić information content (AvgIpc) is 1.64. The van der Waals surface area contributed by atoms with Crippen LogP contribution in [0.2, 0.25) is 15.1 Å². The Morgan fingerprint density at radius 1 is 0.297 bits per heavy atom. The van der Waals surface area contributed by atoms with Crippen LogP contribution in [0.5, 0.6) is 0 Å². The molecule has 2 aromatic heterocycles. The van der Waals surface area contributed by atoms with E-state index in [0.717, 1.165) is 136 Å². The third-order valence-corrected chi connectivity index (χ3v) is 29.3. The number of rotatable bonds is 20. The van der Waals surface area contributed by atoms with Crippen LogP contribution in [0.25, 0.3) is 80.0 Å². The number of halogens is 4. The summed E-state index contributed by atoms with van der Waals surface area (Å²) < 4.78 is 6.52. The van der Waals surface area contributed by atoms with E-state index in [-0.39, 0.29) is 0 Å². The fourth-order valence-corrected chi connectivity index (χ4v) is 20.4. The summed E-state index contributed by atoms with van der Waals surface area (Å²) in [7, 11) is 0. The minimum absolute atomic E-state index is 0.651. The number of H-pyrrole nitrogens is 2. The lowest BCUT2D eigenvalue weighted by atomic mass is 9.88. The topological polar surface area (TPSA) is 164 Å². The summed E-state index contributed by atoms with van der Waals surface area (Å²) >= 11 is 21.1. The summed E-state index contributed by atoms with van der Waals surface area (Å²) in [6.45, 7) is 8.05. The third-order valence-electron chi connectivity index (χ3n) is 28.0. The Morgan fingerprint density at radius 2 is 0.621 bits per heavy atom. The van der Waals surface area contributed by atoms with Crippen molar-refractivity contribution in [2.75, 3.05) is 13.2 Å². The number of allylic oxidation sites excluding steroid dienone is 8. The van der Waals surface area contributed by atoms with Crippen LogP contribution < -0.4 is 0 Å². The second-order valence-corrected chi connectivity index (χ2v) is 40.7. The molecular weight excluding hydrogens is 1910 g/mol. The predicted octanol–water partition coefficient (Wildman–Crippen LogP) is 39.8. The number of aryl methyl sites for hydroxylation is 3. The molecule has 728 valence electrons. The van der Waals surface area contributed by atoms with Gasteiger partial charge in [-0.05, 0) is 280 Å². The van der Waals surface area contributed by atoms with Crippen molar-refractivity contribution in [1.29, 1.82) is 0 Å². The lowest BCUT2D eigenvalue weighted by Crippen LogP contribution is -2.13. The summed E-state index contributed by atoms with van der Waals surface area (Å²) in [6.07, 6.45) is 47.8. The van der Waals surface area contributed by atoms with Gasteiger partial charge in [-0.2, -0.15) is 35.8 Å². The maximum atomic E-state index is 5.94. The van der Waals surface area contributed by atoms with Gasteiger partial charge in [0.15, 0.2) is 0 Å². The van der Waals surface area contributed by atoms with E-state index >= 15 is 0 Å². The van der Waals surface area contributed by atoms with Gasteiger partial charge in [0.2, 0.25) is 0 Å². The number of nitrogens with one attached hydrogen (secondary N) is 2. The van der Waals surface area contributed by atoms with Crippen molar-refractivity contribution in [2.45, 2.75) is 156 Å². The molecular formula is C128H122BrCl3N12O. The van der Waals surface area contributed by atoms with E-state index in [1.807, 2.05) is 146 Å². The van der Waals surface area contributed by atoms with Crippen LogP contribution in [0, 0.1) is 44.4 Å². The van der Waals surface area contributed by atoms with Crippen molar-refractivity contribution in [1.82, 2.24) is 9.97 Å². The highest BCUT2D eigenvalue weighted by atomic mass is 79.9. The number of para-hydroxylation sites is 2. The van der Waals surface area contributed by atoms with Crippen molar-refractivity contribution < 1.29 is 4.74 Å². The molecule has 1 saturated heterocycles. The van der Waals surface area contributed by atoms with Gasteiger partial charge in [-0.25, -0.2) is 0 Å². The largest absolute Gasteiger partial charge is 0.381 e. The van der Waals surface area contributed by atoms with E-state index in [4.69, 9.17) is 39.5 Å². The molecule has 17 heteroatoms. The quantitative estimate of drug-likeness (QED) is 0.0714. The van der Waals surface area contributed by atoms with Gasteiger partial charge in [0.05, 0.1) is 51.2 Å². The Balaban J connectivity index is 0.000000115. The van der Waals surface area contributed by atoms with E-state index in [9.17, 15) is 0 Å². The zero-order valence-electron chi connectivity index (χ0n) is 82.7. The Morgan fingerprint density at radius 3 is 1.05 bits per heavy atom. The molecule has 8 aliphatic rings. The van der Waals surface area contributed by atoms with Crippen molar-refractivity contribution in [3.63, 3.8) is 0 Å². The Hall–Kier alpha value is -13.8. The van der Waals surface area contributed by atoms with Gasteiger partial charge in [-0.3, -0.25) is 0 Å². The van der Waals surface area contributed by atoms with Gasteiger partial charge in [-0.15, -0.1) is 15.3 Å². The van der Waals surface area contributed by atoms with E-state index < -0.39 is 0 Å². The van der Waals surface area contributed by atoms with Gasteiger partial charge in [0.1, 0.15) is 5.70 Å². The molecule has 3 heterocycles. The molecule has 15 aromatic rings. The highest BCUT2D eigenvalue weighted by Gasteiger charge is 2.27. The van der Waals surface area contributed by atoms with Crippen LogP contribution in [0.4, 0.5) is 28.4 Å². The molecule has 0 spiro atoms. The monoisotopic (exact) mass is 2030 g/mol. The van der Waals surface area contributed by atoms with Gasteiger partial charge in [-0.1, -0.05) is 362 Å². The molecule has 7 aliphatic carbocycles. The molecule has 0 radical (unpaired) electrons. The van der Waals surface area contributed by atoms with Gasteiger partial charge < -0.3 is 14.7 Å². The number of aromatic amines is 2. The zero-order valence-corrected chi connectivity index (χ0v) is 86.5. The smallest absolute Gasteiger partial charge is 0.117 e. The third kappa shape index (κ3) is 28.0. The van der Waals surface area contributed by atoms with Crippen LogP contribution in [-0.4, -0.2) is 23.2 Å². The normalized spacial score (nSPS) is 16.1. The summed E-state index contributed by atoms with van der Waals surface area (Å²) in [5.74, 6) is 2.96. The Bertz CT molecular complexity index is 7060. The number of hydrogen-bond acceptors (Lipinski definition) is 11. The Kier molecular flexibility index (Phi) is 35.7. The number of fused-ring (bicyclic) bond motifs is 6. The molecule has 0 atom stereocenters. The second-order valence-electron chi connectivity index (χ2n) is 38.5. The fraction of sp³-hybridized carbons (Fsp3) is 0.234. The van der Waals surface area contributed by atoms with Gasteiger partial charge in [0, 0.05) is 119 Å². The molecule has 13 aromatic carbocycles. The van der Waals surface area contributed by atoms with Crippen LogP contribution >= 0.6 is 50.7 Å². The number of hydrogen-bond donors (Lipinski definition) is 2. The first-order valence-corrected chi connectivity index (χ1v) is 53.2. The first-order chi connectivity index (χ1) is 71.2. The van der Waals surface area contributed by atoms with E-state index in [2.05, 4.69) is 309 Å². The number of azo groups is 5. The molecule has 0 bridgehead atoms. The highest BCUT2D eigenvalue weighted by Crippen LogP contribution is 2.45. The summed E-state index contributed by atoms with van der Waals surface area (Å²) in [6, 6.07) is 106. The van der Waals surface area contributed by atoms with E-state index in [1.54, 1.807) is 12.1 Å². The molecule has 4 fully saturated rings. The Labute approximate surface area is 876 Å². The molecule has 3 saturated carbocycles. The van der Waals surface area contributed by atoms with Gasteiger partial charge >= 0.3 is 0 Å². The number of ether oxygens (including phenoxy) is 1. The second kappa shape index (κ2) is 51.1. The van der Waals surface area contributed by atoms with E-state index in [1.165, 1.54) is 213 Å². The maximum absolute atomic E-state index is 5.94. The minimum atomic E-state index is 0.651. The van der Waals surface area contributed by atoms with Crippen LogP contribution in [0.1, 0.15) is 204 Å². The molecule has 2 N–H and O–H groups in total. The average molecular weight is 2030 g/mol. The first kappa shape index (κ1) is 101. The van der Waals surface area contributed by atoms with E-state index in [0.29, 0.717) is 27.4 Å². The highest BCUT2D eigenvalue weighted by molar-refractivity contribution is 9.10. The summed E-state index contributed by atoms with van der Waals surface area (Å²) in [4.78, 5) is 7.28. The lowest BCUT2D eigenvalue weighted by Gasteiger charge is -2.18. The number of benzene rings is 13. The first-order valence-electron chi connectivity index (χ1n) is 51.3. The molecule has 23 rings (SSSR count). The predicted molar refractivity (Wildman–Crippen MR) is 610 cm³/mol. The van der Waals surface area contributed by atoms with Gasteiger partial charge in [0.25, 0.3) is 0 Å². The number of aromatic nitrogens is 2. The summed E-state index contributed by atoms with van der Waals surface area (Å²) in [5, 5.41) is 49.1. The minimum Gasteiger partial charge on any atom is -0.381 e. The number of nitrogens with zero attached hydrogens (tertiary/aromatic N) is 10. The SMILES string of the molecule is C(=C\C1CCCCC1)/c1[nH]c2ccccc2c1/C=C/C1CCCCC1.C(=C\C1CCCCC1)/c1[nH]c2ccccc2c1/C=C/C1CCOCC1.Cc1ccc(C2=C(N=Nc3ccc(Br)cc3)c3ccccc3C2)cc1.Cc1ccc(C2=C(N=Nc3ccc(Cl)cc3)c3ccccc3C2)cc1.Cc1ccc(N=NC2=C(N=Nc3ccc(Cl)cc3)c3ccccc3C2)cc1.Clc1ccc(N=NC2=CCc3ccccc32)cc1. The fourth-order valence-electron chi connectivity index (χ4n) is 19.8. The standard InChI is InChI=1S/C24H31N.C23H29NO.C22H17BrN2.C22H17ClN4.C22H17ClN2.C15H11ClN2/c1-3-9-19(10-4-1)15-17-22-21-13-7-8-14-23(21)25-24(22)18-16-20-11-5-2-6-12-20;1-2-6-18(7-3-1)11-13-23-21(12-10-19-14-16-25-17-15-19)20-8-4-5-9-22(20)24-23;1-15-6-8-16(9-7-15)21-14-17-4-2-3-5-20(17)22(21)25-24-19-12-10-18(23)11-13-19;1-15-6-10-18(11-7-15)24-26-21-14-16-4-2-3-5-20(16)22(21)27-25-19-12-8-17(23)9-13-19;1-15-6-8-16(9-7-15)21-14-17-4-2-3-5-20(17)22(21)25-24-19-12-10-18(23)11-13-19;16-12-6-8-13(9-7-12)17-18-15-10-5-11-3-1-2-4-14(11)15/h7-8,13-20,25H,1-6,9-12H2;4-5,8-13,18-19,24H,1-3,6-7,14-17H2;2-13H,14H2,1H3;2-13H,14H2,1H3;2-13H,14H2,1H3;1-4,6-10H,5H2/b17-15+,18-16+;12-10+,13-11+;;;;. The molecule has 0 amide bonds. The van der Waals surface area contributed by atoms with Crippen molar-refractivity contribution in [3.8, 4) is 0 Å². The molecule has 145 heavy (non-hydrogen) atoms. The van der Waals surface area contributed by atoms with Crippen LogP contribution in [0.15, 0.2) is 407 Å². The lowest BCUT2D eigenvalue weighted by molar-refractivity contribution is 0.0787.